The van der Waals surface area contributed by atoms with Crippen molar-refractivity contribution < 1.29 is 32.5 Å². The van der Waals surface area contributed by atoms with Gasteiger partial charge in [-0.25, -0.2) is 0 Å². The molecule has 5 nitrogen and oxygen atoms in total. The van der Waals surface area contributed by atoms with E-state index in [0.29, 0.717) is 0 Å². The molecule has 0 aliphatic carbocycles. The van der Waals surface area contributed by atoms with Crippen molar-refractivity contribution in [2.24, 2.45) is 0 Å². The highest BCUT2D eigenvalue weighted by atomic mass is 19.4. The lowest BCUT2D eigenvalue weighted by Crippen LogP contribution is -2.57. The van der Waals surface area contributed by atoms with Crippen LogP contribution >= 0.6 is 0 Å². The monoisotopic (exact) mass is 333 g/mol. The number of hydrogen-bond acceptors (Lipinski definition) is 4. The Morgan fingerprint density at radius 3 is 2.65 bits per heavy atom. The van der Waals surface area contributed by atoms with Gasteiger partial charge in [0, 0.05) is 6.42 Å². The van der Waals surface area contributed by atoms with Gasteiger partial charge in [0.15, 0.2) is 6.29 Å². The van der Waals surface area contributed by atoms with E-state index in [1.54, 1.807) is 6.92 Å². The van der Waals surface area contributed by atoms with Gasteiger partial charge in [-0.15, -0.1) is 0 Å². The van der Waals surface area contributed by atoms with E-state index in [4.69, 9.17) is 9.47 Å². The smallest absolute Gasteiger partial charge is 0.369 e. The third kappa shape index (κ3) is 4.92. The van der Waals surface area contributed by atoms with Crippen LogP contribution in [-0.4, -0.2) is 41.7 Å². The summed E-state index contributed by atoms with van der Waals surface area (Å²) in [4.78, 5) is 11.2. The molecule has 1 saturated heterocycles. The molecule has 23 heavy (non-hydrogen) atoms. The summed E-state index contributed by atoms with van der Waals surface area (Å²) >= 11 is 0. The fraction of sp³-hybridized carbons (Fsp3) is 0.533. The minimum atomic E-state index is -4.99. The summed E-state index contributed by atoms with van der Waals surface area (Å²) in [5, 5.41) is 11.4. The lowest BCUT2D eigenvalue weighted by Gasteiger charge is -2.39. The number of rotatable bonds is 4. The first-order chi connectivity index (χ1) is 10.8. The normalized spacial score (nSPS) is 28.4. The molecular formula is C15H18F3NO4. The number of aliphatic hydroxyl groups is 1. The summed E-state index contributed by atoms with van der Waals surface area (Å²) in [6, 6.07) is 8.09. The number of hydrogen-bond donors (Lipinski definition) is 2. The number of alkyl halides is 3. The Balaban J connectivity index is 2.04. The second kappa shape index (κ2) is 7.29. The summed E-state index contributed by atoms with van der Waals surface area (Å²) in [6.45, 7) is 1.73. The largest absolute Gasteiger partial charge is 0.471 e. The third-order valence-corrected chi connectivity index (χ3v) is 3.55. The predicted molar refractivity (Wildman–Crippen MR) is 74.2 cm³/mol. The van der Waals surface area contributed by atoms with Crippen LogP contribution in [0, 0.1) is 0 Å². The van der Waals surface area contributed by atoms with Crippen LogP contribution in [0.1, 0.15) is 18.9 Å². The number of aliphatic hydroxyl groups excluding tert-OH is 1. The molecule has 2 rings (SSSR count). The van der Waals surface area contributed by atoms with Crippen LogP contribution in [0.25, 0.3) is 0 Å². The van der Waals surface area contributed by atoms with E-state index >= 15 is 0 Å². The molecule has 1 fully saturated rings. The number of amides is 1. The van der Waals surface area contributed by atoms with Gasteiger partial charge in [-0.1, -0.05) is 30.3 Å². The number of carbonyl (C=O) groups excluding carboxylic acids is 1. The van der Waals surface area contributed by atoms with E-state index < -0.39 is 36.6 Å². The molecule has 8 heteroatoms. The van der Waals surface area contributed by atoms with Gasteiger partial charge in [0.05, 0.1) is 18.8 Å². The molecule has 4 atom stereocenters. The summed E-state index contributed by atoms with van der Waals surface area (Å²) in [5.41, 5.74) is 0.840. The number of carbonyl (C=O) groups is 1. The molecule has 2 N–H and O–H groups in total. The molecule has 0 bridgehead atoms. The van der Waals surface area contributed by atoms with E-state index in [9.17, 15) is 23.1 Å². The maximum absolute atomic E-state index is 12.4. The Morgan fingerprint density at radius 1 is 1.39 bits per heavy atom. The van der Waals surface area contributed by atoms with Crippen LogP contribution in [0.15, 0.2) is 30.3 Å². The Hall–Kier alpha value is -1.64. The maximum Gasteiger partial charge on any atom is 0.471 e. The van der Waals surface area contributed by atoms with Gasteiger partial charge in [-0.05, 0) is 12.5 Å². The molecular weight excluding hydrogens is 315 g/mol. The van der Waals surface area contributed by atoms with Crippen molar-refractivity contribution in [2.75, 3.05) is 0 Å². The molecule has 128 valence electrons. The first kappa shape index (κ1) is 17.7. The Morgan fingerprint density at radius 2 is 2.04 bits per heavy atom. The van der Waals surface area contributed by atoms with Gasteiger partial charge in [0.2, 0.25) is 0 Å². The van der Waals surface area contributed by atoms with E-state index in [1.165, 1.54) is 0 Å². The number of ether oxygens (including phenoxy) is 2. The van der Waals surface area contributed by atoms with Crippen molar-refractivity contribution in [1.82, 2.24) is 5.32 Å². The number of halogens is 3. The molecule has 0 spiro atoms. The van der Waals surface area contributed by atoms with E-state index in [0.717, 1.165) is 5.56 Å². The van der Waals surface area contributed by atoms with E-state index in [1.807, 2.05) is 35.6 Å². The average Bonchev–Trinajstić information content (AvgIpc) is 2.46. The standard InChI is InChI=1S/C15H18F3NO4/c1-9-13(22-8-10-5-3-2-4-6-10)11(7-12(20)23-9)19-14(21)15(16,17)18/h2-6,9,11-13,20H,7-8H2,1H3,(H,19,21)/t9-,11-,12?,13-/m1/s1. The summed E-state index contributed by atoms with van der Waals surface area (Å²) in [5.74, 6) is -2.06. The second-order valence-corrected chi connectivity index (χ2v) is 5.37. The van der Waals surface area contributed by atoms with Gasteiger partial charge in [0.25, 0.3) is 0 Å². The molecule has 1 aromatic rings. The van der Waals surface area contributed by atoms with E-state index in [2.05, 4.69) is 0 Å². The van der Waals surface area contributed by atoms with Gasteiger partial charge >= 0.3 is 12.1 Å². The van der Waals surface area contributed by atoms with Gasteiger partial charge < -0.3 is 19.9 Å². The first-order valence-electron chi connectivity index (χ1n) is 7.14. The SMILES string of the molecule is C[C@H]1OC(O)C[C@@H](NC(=O)C(F)(F)F)[C@@H]1OCc1ccccc1. The fourth-order valence-corrected chi connectivity index (χ4v) is 2.47. The van der Waals surface area contributed by atoms with E-state index in [-0.39, 0.29) is 13.0 Å². The number of benzene rings is 1. The molecule has 0 radical (unpaired) electrons. The van der Waals surface area contributed by atoms with Crippen molar-refractivity contribution in [3.63, 3.8) is 0 Å². The molecule has 1 aromatic carbocycles. The van der Waals surface area contributed by atoms with Crippen molar-refractivity contribution in [1.29, 1.82) is 0 Å². The Labute approximate surface area is 131 Å². The maximum atomic E-state index is 12.4. The lowest BCUT2D eigenvalue weighted by molar-refractivity contribution is -0.219. The molecule has 1 amide bonds. The lowest BCUT2D eigenvalue weighted by atomic mass is 9.99. The molecule has 1 heterocycles. The van der Waals surface area contributed by atoms with Gasteiger partial charge in [-0.2, -0.15) is 13.2 Å². The van der Waals surface area contributed by atoms with Crippen molar-refractivity contribution in [3.05, 3.63) is 35.9 Å². The van der Waals surface area contributed by atoms with Crippen LogP contribution in [0.3, 0.4) is 0 Å². The molecule has 1 aliphatic heterocycles. The summed E-state index contributed by atoms with van der Waals surface area (Å²) in [7, 11) is 0. The molecule has 0 saturated carbocycles. The number of nitrogens with one attached hydrogen (secondary N) is 1. The molecule has 0 aromatic heterocycles. The minimum absolute atomic E-state index is 0.160. The minimum Gasteiger partial charge on any atom is -0.369 e. The Bertz CT molecular complexity index is 523. The Kier molecular flexibility index (Phi) is 5.61. The van der Waals surface area contributed by atoms with Gasteiger partial charge in [0.1, 0.15) is 6.10 Å². The zero-order valence-corrected chi connectivity index (χ0v) is 12.4. The van der Waals surface area contributed by atoms with Crippen LogP contribution in [-0.2, 0) is 20.9 Å². The van der Waals surface area contributed by atoms with Crippen molar-refractivity contribution in [2.45, 2.75) is 50.7 Å². The second-order valence-electron chi connectivity index (χ2n) is 5.37. The van der Waals surface area contributed by atoms with Crippen molar-refractivity contribution in [3.8, 4) is 0 Å². The van der Waals surface area contributed by atoms with Crippen LogP contribution < -0.4 is 5.32 Å². The first-order valence-corrected chi connectivity index (χ1v) is 7.14. The quantitative estimate of drug-likeness (QED) is 0.881. The zero-order chi connectivity index (χ0) is 17.0. The average molecular weight is 333 g/mol. The van der Waals surface area contributed by atoms with Crippen LogP contribution in [0.5, 0.6) is 0 Å². The zero-order valence-electron chi connectivity index (χ0n) is 12.4. The van der Waals surface area contributed by atoms with Crippen molar-refractivity contribution >= 4 is 5.91 Å². The highest BCUT2D eigenvalue weighted by molar-refractivity contribution is 5.82. The molecule has 1 unspecified atom stereocenters. The van der Waals surface area contributed by atoms with Crippen LogP contribution in [0.2, 0.25) is 0 Å². The fourth-order valence-electron chi connectivity index (χ4n) is 2.47. The molecule has 1 aliphatic rings. The van der Waals surface area contributed by atoms with Gasteiger partial charge in [-0.3, -0.25) is 4.79 Å². The third-order valence-electron chi connectivity index (χ3n) is 3.55. The topological polar surface area (TPSA) is 67.8 Å². The highest BCUT2D eigenvalue weighted by Crippen LogP contribution is 2.24. The summed E-state index contributed by atoms with van der Waals surface area (Å²) < 4.78 is 48.1. The summed E-state index contributed by atoms with van der Waals surface area (Å²) in [6.07, 6.45) is -7.88. The predicted octanol–water partition coefficient (Wildman–Crippen LogP) is 1.75. The van der Waals surface area contributed by atoms with Crippen LogP contribution in [0.4, 0.5) is 13.2 Å². The highest BCUT2D eigenvalue weighted by Gasteiger charge is 2.44.